The lowest BCUT2D eigenvalue weighted by atomic mass is 10.1. The highest BCUT2D eigenvalue weighted by atomic mass is 32.2. The summed E-state index contributed by atoms with van der Waals surface area (Å²) in [4.78, 5) is 23.1. The van der Waals surface area contributed by atoms with Crippen LogP contribution in [0.3, 0.4) is 0 Å². The maximum Gasteiger partial charge on any atom is 0.277 e. The minimum absolute atomic E-state index is 0.0191. The zero-order valence-corrected chi connectivity index (χ0v) is 18.0. The minimum Gasteiger partial charge on any atom is -0.351 e. The van der Waals surface area contributed by atoms with E-state index in [0.717, 1.165) is 13.1 Å². The summed E-state index contributed by atoms with van der Waals surface area (Å²) in [6.07, 6.45) is 5.50. The molecular weight excluding hydrogens is 423 g/mol. The number of nitrogens with one attached hydrogen (secondary N) is 2. The van der Waals surface area contributed by atoms with E-state index in [4.69, 9.17) is 0 Å². The number of aromatic amines is 1. The lowest BCUT2D eigenvalue weighted by molar-refractivity contribution is -0.127. The number of fused-ring (bicyclic) bond motifs is 1. The Hall–Kier alpha value is -3.18. The van der Waals surface area contributed by atoms with Crippen molar-refractivity contribution in [3.8, 4) is 0 Å². The Morgan fingerprint density at radius 3 is 2.68 bits per heavy atom. The normalized spacial score (nSPS) is 15.8. The van der Waals surface area contributed by atoms with Crippen molar-refractivity contribution in [2.45, 2.75) is 5.03 Å². The van der Waals surface area contributed by atoms with Crippen molar-refractivity contribution in [1.29, 1.82) is 0 Å². The Bertz CT molecular complexity index is 1240. The SMILES string of the molecule is CN1CCN(C(=O)/C=C/c2c(NS(=O)(=O)c3ccc[nH]3)cc3c(ncn3C)c2F)CC1. The predicted octanol–water partition coefficient (Wildman–Crippen LogP) is 1.63. The fourth-order valence-corrected chi connectivity index (χ4v) is 4.50. The molecule has 1 amide bonds. The summed E-state index contributed by atoms with van der Waals surface area (Å²) >= 11 is 0. The Balaban J connectivity index is 1.72. The molecule has 1 aliphatic heterocycles. The summed E-state index contributed by atoms with van der Waals surface area (Å²) in [6.45, 7) is 2.67. The zero-order valence-electron chi connectivity index (χ0n) is 17.2. The molecule has 2 aromatic heterocycles. The molecule has 0 spiro atoms. The van der Waals surface area contributed by atoms with Crippen molar-refractivity contribution in [2.24, 2.45) is 7.05 Å². The van der Waals surface area contributed by atoms with Crippen LogP contribution in [0.2, 0.25) is 0 Å². The van der Waals surface area contributed by atoms with Gasteiger partial charge in [0.05, 0.1) is 17.5 Å². The van der Waals surface area contributed by atoms with Gasteiger partial charge in [0.2, 0.25) is 5.91 Å². The number of imidazole rings is 1. The van der Waals surface area contributed by atoms with Crippen molar-refractivity contribution in [3.05, 3.63) is 48.2 Å². The summed E-state index contributed by atoms with van der Waals surface area (Å²) in [6, 6.07) is 4.45. The number of hydrogen-bond donors (Lipinski definition) is 2. The van der Waals surface area contributed by atoms with Crippen LogP contribution in [0.4, 0.5) is 10.1 Å². The monoisotopic (exact) mass is 446 g/mol. The number of amides is 1. The van der Waals surface area contributed by atoms with E-state index in [-0.39, 0.29) is 27.7 Å². The second-order valence-corrected chi connectivity index (χ2v) is 9.13. The molecule has 164 valence electrons. The lowest BCUT2D eigenvalue weighted by Crippen LogP contribution is -2.46. The summed E-state index contributed by atoms with van der Waals surface area (Å²) in [5, 5.41) is -0.0542. The largest absolute Gasteiger partial charge is 0.351 e. The van der Waals surface area contributed by atoms with Crippen molar-refractivity contribution in [1.82, 2.24) is 24.3 Å². The van der Waals surface area contributed by atoms with E-state index in [1.807, 2.05) is 7.05 Å². The highest BCUT2D eigenvalue weighted by molar-refractivity contribution is 7.92. The smallest absolute Gasteiger partial charge is 0.277 e. The number of carbonyl (C=O) groups is 1. The van der Waals surface area contributed by atoms with Gasteiger partial charge in [0, 0.05) is 51.1 Å². The van der Waals surface area contributed by atoms with Crippen molar-refractivity contribution >= 4 is 38.7 Å². The molecular formula is C20H23FN6O3S. The number of hydrogen-bond acceptors (Lipinski definition) is 5. The van der Waals surface area contributed by atoms with E-state index in [1.54, 1.807) is 22.6 Å². The topological polar surface area (TPSA) is 103 Å². The number of benzene rings is 1. The number of rotatable bonds is 5. The molecule has 0 bridgehead atoms. The molecule has 0 aliphatic carbocycles. The Morgan fingerprint density at radius 1 is 1.26 bits per heavy atom. The van der Waals surface area contributed by atoms with Gasteiger partial charge in [-0.25, -0.2) is 9.37 Å². The van der Waals surface area contributed by atoms with Crippen LogP contribution in [-0.4, -0.2) is 71.9 Å². The summed E-state index contributed by atoms with van der Waals surface area (Å²) in [7, 11) is -0.307. The van der Waals surface area contributed by atoms with Crippen LogP contribution >= 0.6 is 0 Å². The van der Waals surface area contributed by atoms with E-state index in [0.29, 0.717) is 18.6 Å². The fourth-order valence-electron chi connectivity index (χ4n) is 3.45. The molecule has 1 fully saturated rings. The number of piperazine rings is 1. The molecule has 1 saturated heterocycles. The maximum atomic E-state index is 15.3. The molecule has 31 heavy (non-hydrogen) atoms. The Kier molecular flexibility index (Phi) is 5.54. The number of H-pyrrole nitrogens is 1. The quantitative estimate of drug-likeness (QED) is 0.580. The van der Waals surface area contributed by atoms with Crippen LogP contribution in [0, 0.1) is 5.82 Å². The number of carbonyl (C=O) groups excluding carboxylic acids is 1. The molecule has 4 rings (SSSR count). The van der Waals surface area contributed by atoms with Gasteiger partial charge in [-0.05, 0) is 31.3 Å². The molecule has 1 aromatic carbocycles. The van der Waals surface area contributed by atoms with E-state index in [1.165, 1.54) is 36.8 Å². The van der Waals surface area contributed by atoms with Crippen LogP contribution in [0.1, 0.15) is 5.56 Å². The first kappa shape index (κ1) is 21.1. The van der Waals surface area contributed by atoms with Gasteiger partial charge >= 0.3 is 0 Å². The molecule has 11 heteroatoms. The average Bonchev–Trinajstić information content (AvgIpc) is 3.39. The number of sulfonamides is 1. The van der Waals surface area contributed by atoms with Gasteiger partial charge in [0.1, 0.15) is 5.52 Å². The number of anilines is 1. The highest BCUT2D eigenvalue weighted by Crippen LogP contribution is 2.30. The van der Waals surface area contributed by atoms with Crippen molar-refractivity contribution in [3.63, 3.8) is 0 Å². The van der Waals surface area contributed by atoms with Crippen molar-refractivity contribution in [2.75, 3.05) is 37.9 Å². The molecule has 3 heterocycles. The first-order valence-corrected chi connectivity index (χ1v) is 11.2. The number of nitrogens with zero attached hydrogens (tertiary/aromatic N) is 4. The van der Waals surface area contributed by atoms with E-state index >= 15 is 4.39 Å². The third-order valence-corrected chi connectivity index (χ3v) is 6.63. The molecule has 0 atom stereocenters. The summed E-state index contributed by atoms with van der Waals surface area (Å²) in [5.74, 6) is -0.962. The molecule has 3 aromatic rings. The van der Waals surface area contributed by atoms with Crippen LogP contribution in [0.5, 0.6) is 0 Å². The van der Waals surface area contributed by atoms with Gasteiger partial charge in [-0.1, -0.05) is 0 Å². The fraction of sp³-hybridized carbons (Fsp3) is 0.300. The number of likely N-dealkylation sites (N-methyl/N-ethyl adjacent to an activating group) is 1. The molecule has 1 aliphatic rings. The van der Waals surface area contributed by atoms with Gasteiger partial charge < -0.3 is 19.4 Å². The maximum absolute atomic E-state index is 15.3. The highest BCUT2D eigenvalue weighted by Gasteiger charge is 2.22. The Labute approximate surface area is 179 Å². The van der Waals surface area contributed by atoms with E-state index in [9.17, 15) is 13.2 Å². The second-order valence-electron chi connectivity index (χ2n) is 7.48. The third kappa shape index (κ3) is 4.19. The lowest BCUT2D eigenvalue weighted by Gasteiger charge is -2.31. The molecule has 9 nitrogen and oxygen atoms in total. The van der Waals surface area contributed by atoms with Crippen molar-refractivity contribution < 1.29 is 17.6 Å². The average molecular weight is 447 g/mol. The standard InChI is InChI=1S/C20H23FN6O3S/c1-25-8-10-27(11-9-25)18(28)6-5-14-15(24-31(29,30)17-4-3-7-22-17)12-16-20(19(14)21)23-13-26(16)2/h3-7,12-13,22,24H,8-11H2,1-2H3/b6-5+. The van der Waals surface area contributed by atoms with Gasteiger partial charge in [0.25, 0.3) is 10.0 Å². The number of aryl methyl sites for hydroxylation is 1. The van der Waals surface area contributed by atoms with E-state index < -0.39 is 15.8 Å². The van der Waals surface area contributed by atoms with Crippen LogP contribution < -0.4 is 4.72 Å². The third-order valence-electron chi connectivity index (χ3n) is 5.31. The zero-order chi connectivity index (χ0) is 22.2. The molecule has 0 radical (unpaired) electrons. The van der Waals surface area contributed by atoms with Gasteiger partial charge in [-0.2, -0.15) is 8.42 Å². The minimum atomic E-state index is -3.98. The van der Waals surface area contributed by atoms with Gasteiger partial charge in [-0.15, -0.1) is 0 Å². The summed E-state index contributed by atoms with van der Waals surface area (Å²) in [5.41, 5.74) is 0.482. The van der Waals surface area contributed by atoms with E-state index in [2.05, 4.69) is 19.6 Å². The van der Waals surface area contributed by atoms with Crippen LogP contribution in [0.15, 0.2) is 41.8 Å². The first-order valence-electron chi connectivity index (χ1n) is 9.71. The second kappa shape index (κ2) is 8.16. The van der Waals surface area contributed by atoms with Gasteiger partial charge in [-0.3, -0.25) is 9.52 Å². The Morgan fingerprint density at radius 2 is 2.00 bits per heavy atom. The van der Waals surface area contributed by atoms with Gasteiger partial charge in [0.15, 0.2) is 10.8 Å². The number of aromatic nitrogens is 3. The molecule has 0 unspecified atom stereocenters. The number of halogens is 1. The summed E-state index contributed by atoms with van der Waals surface area (Å²) < 4.78 is 44.7. The van der Waals surface area contributed by atoms with Crippen LogP contribution in [-0.2, 0) is 21.9 Å². The molecule has 2 N–H and O–H groups in total. The van der Waals surface area contributed by atoms with Crippen LogP contribution in [0.25, 0.3) is 17.1 Å². The first-order chi connectivity index (χ1) is 14.8. The predicted molar refractivity (Wildman–Crippen MR) is 115 cm³/mol. The molecule has 0 saturated carbocycles.